The number of phenolic OH excluding ortho intramolecular Hbond substituents is 3. The van der Waals surface area contributed by atoms with Crippen LogP contribution in [0, 0.1) is 0 Å². The molecule has 2 aliphatic rings. The lowest BCUT2D eigenvalue weighted by Gasteiger charge is -2.45. The van der Waals surface area contributed by atoms with Crippen molar-refractivity contribution < 1.29 is 64.2 Å². The first kappa shape index (κ1) is 33.6. The van der Waals surface area contributed by atoms with Gasteiger partial charge in [0.2, 0.25) is 17.5 Å². The van der Waals surface area contributed by atoms with Gasteiger partial charge < -0.3 is 64.2 Å². The average molecular weight is 647 g/mol. The van der Waals surface area contributed by atoms with E-state index >= 15 is 0 Å². The zero-order valence-electron chi connectivity index (χ0n) is 25.5. The van der Waals surface area contributed by atoms with Crippen LogP contribution in [0.15, 0.2) is 51.2 Å². The third-order valence-electron chi connectivity index (χ3n) is 8.15. The summed E-state index contributed by atoms with van der Waals surface area (Å²) in [7, 11) is 0. The van der Waals surface area contributed by atoms with Crippen LogP contribution in [0.4, 0.5) is 0 Å². The van der Waals surface area contributed by atoms with E-state index < -0.39 is 78.3 Å². The molecule has 5 rings (SSSR count). The van der Waals surface area contributed by atoms with Gasteiger partial charge in [0.25, 0.3) is 0 Å². The fraction of sp³-hybridized carbons (Fsp3) is 0.469. The Kier molecular flexibility index (Phi) is 9.63. The molecule has 0 saturated carbocycles. The van der Waals surface area contributed by atoms with Gasteiger partial charge in [0.1, 0.15) is 58.7 Å². The highest BCUT2D eigenvalue weighted by atomic mass is 16.8. The fourth-order valence-corrected chi connectivity index (χ4v) is 5.42. The molecule has 0 unspecified atom stereocenters. The fourth-order valence-electron chi connectivity index (χ4n) is 5.42. The molecule has 8 N–H and O–H groups in total. The van der Waals surface area contributed by atoms with E-state index in [-0.39, 0.29) is 45.8 Å². The van der Waals surface area contributed by atoms with E-state index in [0.29, 0.717) is 0 Å². The molecule has 250 valence electrons. The molecule has 2 saturated heterocycles. The summed E-state index contributed by atoms with van der Waals surface area (Å²) in [6.07, 6.45) is -13.2. The Morgan fingerprint density at radius 3 is 2.07 bits per heavy atom. The Balaban J connectivity index is 1.65. The number of aromatic hydroxyl groups is 3. The number of rotatable bonds is 7. The molecule has 0 bridgehead atoms. The maximum atomic E-state index is 14.2. The average Bonchev–Trinajstić information content (AvgIpc) is 3.00. The number of aliphatic hydroxyl groups is 5. The second-order valence-electron chi connectivity index (χ2n) is 11.8. The monoisotopic (exact) mass is 646 g/mol. The Morgan fingerprint density at radius 1 is 0.826 bits per heavy atom. The van der Waals surface area contributed by atoms with Gasteiger partial charge in [0.15, 0.2) is 18.2 Å². The van der Waals surface area contributed by atoms with Gasteiger partial charge in [-0.3, -0.25) is 4.79 Å². The predicted octanol–water partition coefficient (Wildman–Crippen LogP) is 1.14. The maximum absolute atomic E-state index is 14.2. The largest absolute Gasteiger partial charge is 0.508 e. The summed E-state index contributed by atoms with van der Waals surface area (Å²) in [5, 5.41) is 83.6. The normalized spacial score (nSPS) is 31.5. The van der Waals surface area contributed by atoms with Gasteiger partial charge in [-0.2, -0.15) is 0 Å². The van der Waals surface area contributed by atoms with Gasteiger partial charge in [-0.25, -0.2) is 0 Å². The summed E-state index contributed by atoms with van der Waals surface area (Å²) in [6, 6.07) is 6.54. The van der Waals surface area contributed by atoms with Crippen molar-refractivity contribution in [1.29, 1.82) is 0 Å². The predicted molar refractivity (Wildman–Crippen MR) is 160 cm³/mol. The van der Waals surface area contributed by atoms with E-state index in [0.717, 1.165) is 11.6 Å². The summed E-state index contributed by atoms with van der Waals surface area (Å²) in [4.78, 5) is 14.2. The molecule has 0 amide bonds. The number of allylic oxidation sites excluding steroid dienone is 2. The quantitative estimate of drug-likeness (QED) is 0.168. The lowest BCUT2D eigenvalue weighted by atomic mass is 9.98. The van der Waals surface area contributed by atoms with Crippen LogP contribution in [-0.4, -0.2) is 102 Å². The number of aliphatic hydroxyl groups excluding tert-OH is 5. The minimum absolute atomic E-state index is 0.0866. The second-order valence-corrected chi connectivity index (χ2v) is 11.8. The van der Waals surface area contributed by atoms with E-state index in [1.807, 2.05) is 13.8 Å². The minimum atomic E-state index is -1.78. The number of ether oxygens (including phenoxy) is 4. The number of hydrogen-bond acceptors (Lipinski definition) is 14. The first-order chi connectivity index (χ1) is 21.7. The van der Waals surface area contributed by atoms with E-state index in [4.69, 9.17) is 23.4 Å². The van der Waals surface area contributed by atoms with Crippen molar-refractivity contribution in [2.24, 2.45) is 0 Å². The lowest BCUT2D eigenvalue weighted by Crippen LogP contribution is -2.63. The number of phenols is 3. The molecule has 0 spiro atoms. The van der Waals surface area contributed by atoms with Gasteiger partial charge in [-0.15, -0.1) is 0 Å². The van der Waals surface area contributed by atoms with Crippen molar-refractivity contribution in [2.45, 2.75) is 95.5 Å². The van der Waals surface area contributed by atoms with Gasteiger partial charge in [0.05, 0.1) is 12.2 Å². The molecule has 3 heterocycles. The van der Waals surface area contributed by atoms with Crippen LogP contribution in [0.2, 0.25) is 0 Å². The maximum Gasteiger partial charge on any atom is 0.239 e. The van der Waals surface area contributed by atoms with Crippen LogP contribution in [0.25, 0.3) is 22.3 Å². The van der Waals surface area contributed by atoms with Crippen molar-refractivity contribution in [3.8, 4) is 34.3 Å². The van der Waals surface area contributed by atoms with Crippen molar-refractivity contribution in [3.05, 3.63) is 57.8 Å². The van der Waals surface area contributed by atoms with Crippen LogP contribution in [0.5, 0.6) is 23.0 Å². The molecule has 3 aromatic rings. The highest BCUT2D eigenvalue weighted by Crippen LogP contribution is 2.40. The third kappa shape index (κ3) is 6.30. The van der Waals surface area contributed by atoms with Crippen LogP contribution in [0.1, 0.15) is 33.3 Å². The van der Waals surface area contributed by atoms with Crippen LogP contribution < -0.4 is 10.2 Å². The minimum Gasteiger partial charge on any atom is -0.508 e. The Hall–Kier alpha value is -3.73. The van der Waals surface area contributed by atoms with Gasteiger partial charge in [-0.1, -0.05) is 11.6 Å². The molecule has 46 heavy (non-hydrogen) atoms. The second kappa shape index (κ2) is 13.2. The van der Waals surface area contributed by atoms with Crippen molar-refractivity contribution >= 4 is 11.0 Å². The van der Waals surface area contributed by atoms with Crippen LogP contribution in [-0.2, 0) is 20.6 Å². The van der Waals surface area contributed by atoms with Crippen LogP contribution in [0.3, 0.4) is 0 Å². The summed E-state index contributed by atoms with van der Waals surface area (Å²) < 4.78 is 29.4. The highest BCUT2D eigenvalue weighted by Gasteiger charge is 2.50. The Bertz CT molecular complexity index is 1650. The summed E-state index contributed by atoms with van der Waals surface area (Å²) in [6.45, 7) is 6.55. The number of fused-ring (bicyclic) bond motifs is 1. The zero-order valence-corrected chi connectivity index (χ0v) is 25.5. The summed E-state index contributed by atoms with van der Waals surface area (Å²) in [5.41, 5.74) is 0.342. The smallest absolute Gasteiger partial charge is 0.239 e. The summed E-state index contributed by atoms with van der Waals surface area (Å²) >= 11 is 0. The zero-order chi connectivity index (χ0) is 33.6. The van der Waals surface area contributed by atoms with E-state index in [9.17, 15) is 45.6 Å². The molecule has 2 aromatic carbocycles. The van der Waals surface area contributed by atoms with E-state index in [1.54, 1.807) is 6.08 Å². The van der Waals surface area contributed by atoms with Gasteiger partial charge in [0, 0.05) is 17.2 Å². The van der Waals surface area contributed by atoms with E-state index in [2.05, 4.69) is 0 Å². The topological polar surface area (TPSA) is 229 Å². The highest BCUT2D eigenvalue weighted by molar-refractivity contribution is 5.91. The molecule has 2 fully saturated rings. The SMILES string of the molecule is CC(C)=CCc1c(O)cc(O)c2c(=O)c(O[C@H]3O[C@@H](C)[C@H](O)[C@H](O)[C@@H]3O[C@@H]3O[C@@H](C)[C@H](O)[C@H](O)[C@@H]3O)c(-c3ccc(O)cc3)oc12. The molecule has 1 aromatic heterocycles. The summed E-state index contributed by atoms with van der Waals surface area (Å²) in [5.74, 6) is -1.73. The third-order valence-corrected chi connectivity index (χ3v) is 8.15. The molecular weight excluding hydrogens is 608 g/mol. The molecule has 0 aliphatic carbocycles. The van der Waals surface area contributed by atoms with Crippen LogP contribution >= 0.6 is 0 Å². The number of benzene rings is 2. The lowest BCUT2D eigenvalue weighted by molar-refractivity contribution is -0.352. The first-order valence-corrected chi connectivity index (χ1v) is 14.7. The van der Waals surface area contributed by atoms with Gasteiger partial charge >= 0.3 is 0 Å². The molecule has 14 nitrogen and oxygen atoms in total. The molecule has 0 radical (unpaired) electrons. The molecule has 2 aliphatic heterocycles. The standard InChI is InChI=1S/C32H38O14/c1-12(2)5-10-17-18(34)11-19(35)20-23(38)29(27(44-28(17)20)15-6-8-16(33)9-7-15)45-32-30(25(40)22(37)14(4)43-32)46-31-26(41)24(39)21(36)13(3)42-31/h5-9,11,13-14,21-22,24-26,30-37,39-41H,10H2,1-4H3/t13-,14-,21-,22-,24-,25-,26-,30-,31-,32+/m0/s1. The van der Waals surface area contributed by atoms with Gasteiger partial charge in [-0.05, 0) is 58.4 Å². The molecular formula is C32H38O14. The number of hydrogen-bond donors (Lipinski definition) is 8. The molecule has 14 heteroatoms. The van der Waals surface area contributed by atoms with E-state index in [1.165, 1.54) is 38.1 Å². The Morgan fingerprint density at radius 2 is 1.43 bits per heavy atom. The van der Waals surface area contributed by atoms with Crippen molar-refractivity contribution in [3.63, 3.8) is 0 Å². The van der Waals surface area contributed by atoms with Crippen molar-refractivity contribution in [1.82, 2.24) is 0 Å². The first-order valence-electron chi connectivity index (χ1n) is 14.7. The molecule has 10 atom stereocenters. The Labute approximate surface area is 262 Å². The van der Waals surface area contributed by atoms with Crippen molar-refractivity contribution in [2.75, 3.05) is 0 Å².